The molecule has 1 aromatic carbocycles. The SMILES string of the molecule is NC(=O)CC(N)c1ccc2c(c1)CCO2. The summed E-state index contributed by atoms with van der Waals surface area (Å²) in [6.07, 6.45) is 1.09. The minimum Gasteiger partial charge on any atom is -0.493 e. The number of carbonyl (C=O) groups is 1. The van der Waals surface area contributed by atoms with Crippen LogP contribution in [0.5, 0.6) is 5.75 Å². The van der Waals surface area contributed by atoms with E-state index in [1.54, 1.807) is 0 Å². The number of rotatable bonds is 3. The second-order valence-electron chi connectivity index (χ2n) is 3.74. The van der Waals surface area contributed by atoms with Gasteiger partial charge in [0, 0.05) is 18.9 Å². The lowest BCUT2D eigenvalue weighted by molar-refractivity contribution is -0.118. The van der Waals surface area contributed by atoms with Gasteiger partial charge in [-0.15, -0.1) is 0 Å². The Morgan fingerprint density at radius 1 is 1.53 bits per heavy atom. The topological polar surface area (TPSA) is 78.3 Å². The summed E-state index contributed by atoms with van der Waals surface area (Å²) in [5.74, 6) is 0.546. The molecular formula is C11H14N2O2. The molecule has 0 radical (unpaired) electrons. The molecule has 4 heteroatoms. The third kappa shape index (κ3) is 2.10. The lowest BCUT2D eigenvalue weighted by Gasteiger charge is -2.10. The zero-order valence-electron chi connectivity index (χ0n) is 8.40. The third-order valence-corrected chi connectivity index (χ3v) is 2.56. The average Bonchev–Trinajstić information content (AvgIpc) is 2.62. The minimum atomic E-state index is -0.376. The molecule has 1 aromatic rings. The van der Waals surface area contributed by atoms with Crippen molar-refractivity contribution < 1.29 is 9.53 Å². The molecule has 15 heavy (non-hydrogen) atoms. The van der Waals surface area contributed by atoms with E-state index in [1.165, 1.54) is 0 Å². The van der Waals surface area contributed by atoms with Gasteiger partial charge < -0.3 is 16.2 Å². The number of ether oxygens (including phenoxy) is 1. The number of fused-ring (bicyclic) bond motifs is 1. The fourth-order valence-electron chi connectivity index (χ4n) is 1.77. The molecule has 1 amide bonds. The maximum atomic E-state index is 10.7. The Balaban J connectivity index is 2.19. The number of benzene rings is 1. The van der Waals surface area contributed by atoms with E-state index in [0.717, 1.165) is 29.9 Å². The van der Waals surface area contributed by atoms with Crippen LogP contribution in [0.15, 0.2) is 18.2 Å². The van der Waals surface area contributed by atoms with Crippen LogP contribution < -0.4 is 16.2 Å². The van der Waals surface area contributed by atoms with Gasteiger partial charge in [0.15, 0.2) is 0 Å². The third-order valence-electron chi connectivity index (χ3n) is 2.56. The van der Waals surface area contributed by atoms with Crippen LogP contribution >= 0.6 is 0 Å². The van der Waals surface area contributed by atoms with Crippen molar-refractivity contribution in [1.82, 2.24) is 0 Å². The number of amides is 1. The van der Waals surface area contributed by atoms with Crippen LogP contribution in [-0.4, -0.2) is 12.5 Å². The number of primary amides is 1. The highest BCUT2D eigenvalue weighted by atomic mass is 16.5. The van der Waals surface area contributed by atoms with Crippen LogP contribution in [0, 0.1) is 0 Å². The van der Waals surface area contributed by atoms with Crippen molar-refractivity contribution in [3.8, 4) is 5.75 Å². The van der Waals surface area contributed by atoms with Gasteiger partial charge >= 0.3 is 0 Å². The van der Waals surface area contributed by atoms with Crippen LogP contribution in [0.1, 0.15) is 23.6 Å². The molecule has 0 fully saturated rings. The van der Waals surface area contributed by atoms with Gasteiger partial charge in [-0.05, 0) is 17.2 Å². The maximum absolute atomic E-state index is 10.7. The van der Waals surface area contributed by atoms with E-state index in [9.17, 15) is 4.79 Å². The molecule has 4 nitrogen and oxygen atoms in total. The Morgan fingerprint density at radius 2 is 2.33 bits per heavy atom. The predicted octanol–water partition coefficient (Wildman–Crippen LogP) is 0.497. The molecule has 1 aliphatic heterocycles. The first-order chi connectivity index (χ1) is 7.16. The molecule has 2 rings (SSSR count). The fraction of sp³-hybridized carbons (Fsp3) is 0.364. The van der Waals surface area contributed by atoms with Crippen molar-refractivity contribution in [2.75, 3.05) is 6.61 Å². The summed E-state index contributed by atoms with van der Waals surface area (Å²) in [5, 5.41) is 0. The standard InChI is InChI=1S/C11H14N2O2/c12-9(6-11(13)14)7-1-2-10-8(5-7)3-4-15-10/h1-2,5,9H,3-4,6,12H2,(H2,13,14). The van der Waals surface area contributed by atoms with Gasteiger partial charge in [0.1, 0.15) is 5.75 Å². The molecule has 0 bridgehead atoms. The summed E-state index contributed by atoms with van der Waals surface area (Å²) in [6.45, 7) is 0.726. The zero-order valence-corrected chi connectivity index (χ0v) is 8.40. The number of hydrogen-bond acceptors (Lipinski definition) is 3. The van der Waals surface area contributed by atoms with Gasteiger partial charge in [0.25, 0.3) is 0 Å². The Bertz CT molecular complexity index is 390. The van der Waals surface area contributed by atoms with E-state index < -0.39 is 0 Å². The van der Waals surface area contributed by atoms with E-state index in [2.05, 4.69) is 0 Å². The Morgan fingerprint density at radius 3 is 3.07 bits per heavy atom. The van der Waals surface area contributed by atoms with E-state index >= 15 is 0 Å². The molecule has 0 saturated carbocycles. The maximum Gasteiger partial charge on any atom is 0.219 e. The Kier molecular flexibility index (Phi) is 2.60. The first-order valence-electron chi connectivity index (χ1n) is 4.96. The van der Waals surface area contributed by atoms with Crippen LogP contribution in [0.25, 0.3) is 0 Å². The van der Waals surface area contributed by atoms with Gasteiger partial charge in [0.2, 0.25) is 5.91 Å². The van der Waals surface area contributed by atoms with Gasteiger partial charge in [-0.2, -0.15) is 0 Å². The van der Waals surface area contributed by atoms with E-state index in [0.29, 0.717) is 0 Å². The van der Waals surface area contributed by atoms with Gasteiger partial charge in [-0.3, -0.25) is 4.79 Å². The predicted molar refractivity (Wildman–Crippen MR) is 56.4 cm³/mol. The van der Waals surface area contributed by atoms with Crippen LogP contribution in [0.4, 0.5) is 0 Å². The molecule has 1 heterocycles. The summed E-state index contributed by atoms with van der Waals surface area (Å²) in [7, 11) is 0. The second-order valence-corrected chi connectivity index (χ2v) is 3.74. The van der Waals surface area contributed by atoms with Crippen LogP contribution in [0.2, 0.25) is 0 Å². The van der Waals surface area contributed by atoms with Gasteiger partial charge in [-0.1, -0.05) is 12.1 Å². The van der Waals surface area contributed by atoms with Crippen molar-refractivity contribution in [3.63, 3.8) is 0 Å². The molecule has 0 aliphatic carbocycles. The number of carbonyl (C=O) groups excluding carboxylic acids is 1. The molecule has 0 aromatic heterocycles. The van der Waals surface area contributed by atoms with Crippen molar-refractivity contribution in [2.24, 2.45) is 11.5 Å². The van der Waals surface area contributed by atoms with Crippen LogP contribution in [0.3, 0.4) is 0 Å². The lowest BCUT2D eigenvalue weighted by atomic mass is 10.0. The molecule has 80 valence electrons. The molecule has 0 saturated heterocycles. The zero-order chi connectivity index (χ0) is 10.8. The number of hydrogen-bond donors (Lipinski definition) is 2. The van der Waals surface area contributed by atoms with E-state index in [-0.39, 0.29) is 18.4 Å². The van der Waals surface area contributed by atoms with Gasteiger partial charge in [-0.25, -0.2) is 0 Å². The first kappa shape index (κ1) is 9.98. The van der Waals surface area contributed by atoms with Crippen molar-refractivity contribution >= 4 is 5.91 Å². The fourth-order valence-corrected chi connectivity index (χ4v) is 1.77. The van der Waals surface area contributed by atoms with E-state index in [4.69, 9.17) is 16.2 Å². The molecule has 0 spiro atoms. The highest BCUT2D eigenvalue weighted by molar-refractivity contribution is 5.74. The van der Waals surface area contributed by atoms with Crippen molar-refractivity contribution in [2.45, 2.75) is 18.9 Å². The highest BCUT2D eigenvalue weighted by Crippen LogP contribution is 2.28. The summed E-state index contributed by atoms with van der Waals surface area (Å²) in [4.78, 5) is 10.7. The van der Waals surface area contributed by atoms with Gasteiger partial charge in [0.05, 0.1) is 6.61 Å². The summed E-state index contributed by atoms with van der Waals surface area (Å²) in [6, 6.07) is 5.47. The largest absolute Gasteiger partial charge is 0.493 e. The summed E-state index contributed by atoms with van der Waals surface area (Å²) < 4.78 is 5.38. The molecular weight excluding hydrogens is 192 g/mol. The quantitative estimate of drug-likeness (QED) is 0.755. The summed E-state index contributed by atoms with van der Waals surface area (Å²) in [5.41, 5.74) is 13.1. The average molecular weight is 206 g/mol. The highest BCUT2D eigenvalue weighted by Gasteiger charge is 2.15. The van der Waals surface area contributed by atoms with Crippen LogP contribution in [-0.2, 0) is 11.2 Å². The summed E-state index contributed by atoms with van der Waals surface area (Å²) >= 11 is 0. The van der Waals surface area contributed by atoms with E-state index in [1.807, 2.05) is 18.2 Å². The second kappa shape index (κ2) is 3.90. The monoisotopic (exact) mass is 206 g/mol. The molecule has 1 atom stereocenters. The van der Waals surface area contributed by atoms with Crippen molar-refractivity contribution in [3.05, 3.63) is 29.3 Å². The molecule has 1 aliphatic rings. The molecule has 1 unspecified atom stereocenters. The molecule has 4 N–H and O–H groups in total. The Labute approximate surface area is 88.2 Å². The van der Waals surface area contributed by atoms with Crippen molar-refractivity contribution in [1.29, 1.82) is 0 Å². The Hall–Kier alpha value is -1.55. The number of nitrogens with two attached hydrogens (primary N) is 2. The normalized spacial score (nSPS) is 15.5. The smallest absolute Gasteiger partial charge is 0.219 e. The lowest BCUT2D eigenvalue weighted by Crippen LogP contribution is -2.20. The first-order valence-corrected chi connectivity index (χ1v) is 4.96. The minimum absolute atomic E-state index is 0.180.